The Labute approximate surface area is 115 Å². The van der Waals surface area contributed by atoms with Gasteiger partial charge in [0.1, 0.15) is 0 Å². The molecule has 1 aromatic heterocycles. The van der Waals surface area contributed by atoms with Gasteiger partial charge in [-0.1, -0.05) is 12.8 Å². The molecule has 1 aliphatic heterocycles. The number of hydrogen-bond donors (Lipinski definition) is 1. The fraction of sp³-hybridized carbons (Fsp3) is 0.733. The van der Waals surface area contributed by atoms with Gasteiger partial charge in [-0.05, 0) is 32.6 Å². The van der Waals surface area contributed by atoms with Crippen LogP contribution in [-0.4, -0.2) is 28.2 Å². The standard InChI is InChI=1S/C15H23N3O/c1-12-9-17-14(10-16-12)11-18-13-4-7-19-15(8-13)5-2-3-6-15/h9-10,13,18H,2-8,11H2,1H3. The van der Waals surface area contributed by atoms with Crippen molar-refractivity contribution in [3.8, 4) is 0 Å². The Hall–Kier alpha value is -1.00. The van der Waals surface area contributed by atoms with Crippen molar-refractivity contribution >= 4 is 0 Å². The third-order valence-corrected chi connectivity index (χ3v) is 4.41. The van der Waals surface area contributed by atoms with E-state index in [2.05, 4.69) is 15.3 Å². The van der Waals surface area contributed by atoms with Crippen LogP contribution in [0.2, 0.25) is 0 Å². The van der Waals surface area contributed by atoms with E-state index < -0.39 is 0 Å². The predicted octanol–water partition coefficient (Wildman–Crippen LogP) is 2.37. The molecule has 4 nitrogen and oxygen atoms in total. The molecule has 2 heterocycles. The van der Waals surface area contributed by atoms with Gasteiger partial charge >= 0.3 is 0 Å². The number of nitrogens with zero attached hydrogens (tertiary/aromatic N) is 2. The lowest BCUT2D eigenvalue weighted by molar-refractivity contribution is -0.0838. The van der Waals surface area contributed by atoms with Crippen LogP contribution in [0.1, 0.15) is 49.9 Å². The van der Waals surface area contributed by atoms with Crippen molar-refractivity contribution < 1.29 is 4.74 Å². The van der Waals surface area contributed by atoms with Crippen LogP contribution in [0.5, 0.6) is 0 Å². The van der Waals surface area contributed by atoms with Gasteiger partial charge in [-0.25, -0.2) is 0 Å². The second-order valence-corrected chi connectivity index (χ2v) is 5.96. The highest BCUT2D eigenvalue weighted by atomic mass is 16.5. The normalized spacial score (nSPS) is 25.8. The maximum absolute atomic E-state index is 6.06. The summed E-state index contributed by atoms with van der Waals surface area (Å²) in [6, 6.07) is 0.565. The van der Waals surface area contributed by atoms with E-state index in [0.717, 1.165) is 37.4 Å². The lowest BCUT2D eigenvalue weighted by atomic mass is 9.89. The lowest BCUT2D eigenvalue weighted by Crippen LogP contribution is -2.45. The molecule has 1 aliphatic carbocycles. The van der Waals surface area contributed by atoms with E-state index in [9.17, 15) is 0 Å². The van der Waals surface area contributed by atoms with Gasteiger partial charge in [0.25, 0.3) is 0 Å². The molecule has 1 atom stereocenters. The molecule has 4 heteroatoms. The Bertz CT molecular complexity index is 412. The van der Waals surface area contributed by atoms with Crippen molar-refractivity contribution in [1.29, 1.82) is 0 Å². The Morgan fingerprint density at radius 3 is 2.89 bits per heavy atom. The first-order valence-corrected chi connectivity index (χ1v) is 7.41. The van der Waals surface area contributed by atoms with Crippen LogP contribution in [-0.2, 0) is 11.3 Å². The molecule has 1 aromatic rings. The molecule has 0 bridgehead atoms. The molecular formula is C15H23N3O. The topological polar surface area (TPSA) is 47.0 Å². The van der Waals surface area contributed by atoms with Crippen LogP contribution >= 0.6 is 0 Å². The number of rotatable bonds is 3. The summed E-state index contributed by atoms with van der Waals surface area (Å²) in [5.74, 6) is 0. The average Bonchev–Trinajstić information content (AvgIpc) is 2.86. The molecule has 2 aliphatic rings. The Morgan fingerprint density at radius 2 is 2.16 bits per heavy atom. The number of aryl methyl sites for hydroxylation is 1. The Morgan fingerprint density at radius 1 is 1.32 bits per heavy atom. The minimum Gasteiger partial charge on any atom is -0.375 e. The SMILES string of the molecule is Cc1cnc(CNC2CCOC3(CCCC3)C2)cn1. The summed E-state index contributed by atoms with van der Waals surface area (Å²) in [6.45, 7) is 3.68. The Kier molecular flexibility index (Phi) is 3.80. The molecule has 1 saturated heterocycles. The molecule has 1 N–H and O–H groups in total. The molecule has 3 rings (SSSR count). The van der Waals surface area contributed by atoms with Crippen molar-refractivity contribution in [2.24, 2.45) is 0 Å². The smallest absolute Gasteiger partial charge is 0.0724 e. The molecule has 1 unspecified atom stereocenters. The zero-order valence-corrected chi connectivity index (χ0v) is 11.7. The van der Waals surface area contributed by atoms with Crippen molar-refractivity contribution in [2.75, 3.05) is 6.61 Å². The van der Waals surface area contributed by atoms with Crippen LogP contribution in [0.3, 0.4) is 0 Å². The third kappa shape index (κ3) is 3.12. The minimum atomic E-state index is 0.189. The quantitative estimate of drug-likeness (QED) is 0.907. The zero-order chi connectivity index (χ0) is 13.1. The van der Waals surface area contributed by atoms with Crippen LogP contribution < -0.4 is 5.32 Å². The van der Waals surface area contributed by atoms with Gasteiger partial charge in [0.15, 0.2) is 0 Å². The largest absolute Gasteiger partial charge is 0.375 e. The fourth-order valence-electron chi connectivity index (χ4n) is 3.33. The maximum Gasteiger partial charge on any atom is 0.0724 e. The average molecular weight is 261 g/mol. The van der Waals surface area contributed by atoms with Gasteiger partial charge in [-0.15, -0.1) is 0 Å². The summed E-state index contributed by atoms with van der Waals surface area (Å²) in [7, 11) is 0. The van der Waals surface area contributed by atoms with Gasteiger partial charge in [0.05, 0.1) is 17.0 Å². The van der Waals surface area contributed by atoms with E-state index in [-0.39, 0.29) is 5.60 Å². The number of hydrogen-bond acceptors (Lipinski definition) is 4. The Balaban J connectivity index is 1.53. The second-order valence-electron chi connectivity index (χ2n) is 5.96. The molecule has 1 spiro atoms. The highest BCUT2D eigenvalue weighted by Gasteiger charge is 2.39. The van der Waals surface area contributed by atoms with Crippen molar-refractivity contribution in [3.05, 3.63) is 23.8 Å². The summed E-state index contributed by atoms with van der Waals surface area (Å²) < 4.78 is 6.06. The first-order valence-electron chi connectivity index (χ1n) is 7.41. The molecule has 0 amide bonds. The zero-order valence-electron chi connectivity index (χ0n) is 11.7. The van der Waals surface area contributed by atoms with Crippen LogP contribution in [0, 0.1) is 6.92 Å². The molecule has 19 heavy (non-hydrogen) atoms. The molecule has 104 valence electrons. The number of nitrogens with one attached hydrogen (secondary N) is 1. The number of aromatic nitrogens is 2. The summed E-state index contributed by atoms with van der Waals surface area (Å²) in [5, 5.41) is 3.63. The summed E-state index contributed by atoms with van der Waals surface area (Å²) in [6.07, 6.45) is 11.1. The molecule has 2 fully saturated rings. The van der Waals surface area contributed by atoms with Gasteiger partial charge < -0.3 is 10.1 Å². The van der Waals surface area contributed by atoms with E-state index in [4.69, 9.17) is 4.74 Å². The molecule has 1 saturated carbocycles. The summed E-state index contributed by atoms with van der Waals surface area (Å²) in [4.78, 5) is 8.68. The van der Waals surface area contributed by atoms with Crippen molar-refractivity contribution in [2.45, 2.75) is 63.6 Å². The highest BCUT2D eigenvalue weighted by molar-refractivity contribution is 5.01. The third-order valence-electron chi connectivity index (χ3n) is 4.41. The van der Waals surface area contributed by atoms with Gasteiger partial charge in [-0.2, -0.15) is 0 Å². The summed E-state index contributed by atoms with van der Waals surface area (Å²) in [5.41, 5.74) is 2.19. The van der Waals surface area contributed by atoms with E-state index in [1.807, 2.05) is 19.3 Å². The second kappa shape index (κ2) is 5.55. The van der Waals surface area contributed by atoms with Crippen molar-refractivity contribution in [3.63, 3.8) is 0 Å². The predicted molar refractivity (Wildman–Crippen MR) is 73.8 cm³/mol. The van der Waals surface area contributed by atoms with E-state index >= 15 is 0 Å². The van der Waals surface area contributed by atoms with E-state index in [1.165, 1.54) is 25.7 Å². The minimum absolute atomic E-state index is 0.189. The van der Waals surface area contributed by atoms with E-state index in [1.54, 1.807) is 0 Å². The molecular weight excluding hydrogens is 238 g/mol. The number of ether oxygens (including phenoxy) is 1. The van der Waals surface area contributed by atoms with Gasteiger partial charge in [0.2, 0.25) is 0 Å². The monoisotopic (exact) mass is 261 g/mol. The highest BCUT2D eigenvalue weighted by Crippen LogP contribution is 2.39. The first kappa shape index (κ1) is 13.0. The molecule has 0 aromatic carbocycles. The van der Waals surface area contributed by atoms with E-state index in [0.29, 0.717) is 6.04 Å². The van der Waals surface area contributed by atoms with Gasteiger partial charge in [-0.3, -0.25) is 9.97 Å². The molecule has 0 radical (unpaired) electrons. The van der Waals surface area contributed by atoms with Crippen molar-refractivity contribution in [1.82, 2.24) is 15.3 Å². The van der Waals surface area contributed by atoms with Gasteiger partial charge in [0, 0.05) is 31.6 Å². The lowest BCUT2D eigenvalue weighted by Gasteiger charge is -2.38. The van der Waals surface area contributed by atoms with Crippen LogP contribution in [0.4, 0.5) is 0 Å². The fourth-order valence-corrected chi connectivity index (χ4v) is 3.33. The van der Waals surface area contributed by atoms with Crippen LogP contribution in [0.15, 0.2) is 12.4 Å². The summed E-state index contributed by atoms with van der Waals surface area (Å²) >= 11 is 0. The maximum atomic E-state index is 6.06. The first-order chi connectivity index (χ1) is 9.26. The van der Waals surface area contributed by atoms with Crippen LogP contribution in [0.25, 0.3) is 0 Å².